The standard InChI is InChI=1S/C17H18ClN3/c18-8-16-20-17-13(9-19)2-1-3-15(17)21(16)10-14-7-11-4-5-12(14)6-11/h1-3,11-12,14H,4-8,10H2. The maximum atomic E-state index is 9.25. The highest BCUT2D eigenvalue weighted by Crippen LogP contribution is 2.49. The number of nitriles is 1. The van der Waals surface area contributed by atoms with Crippen molar-refractivity contribution in [3.63, 3.8) is 0 Å². The fourth-order valence-corrected chi connectivity index (χ4v) is 4.63. The third kappa shape index (κ3) is 2.05. The molecule has 0 aliphatic heterocycles. The number of hydrogen-bond acceptors (Lipinski definition) is 2. The van der Waals surface area contributed by atoms with Crippen molar-refractivity contribution in [2.24, 2.45) is 17.8 Å². The Labute approximate surface area is 129 Å². The summed E-state index contributed by atoms with van der Waals surface area (Å²) in [6, 6.07) is 8.07. The number of benzene rings is 1. The Bertz CT molecular complexity index is 727. The molecule has 3 atom stereocenters. The summed E-state index contributed by atoms with van der Waals surface area (Å²) in [5.41, 5.74) is 2.51. The summed E-state index contributed by atoms with van der Waals surface area (Å²) < 4.78 is 2.26. The topological polar surface area (TPSA) is 41.6 Å². The van der Waals surface area contributed by atoms with E-state index in [0.29, 0.717) is 11.4 Å². The number of alkyl halides is 1. The summed E-state index contributed by atoms with van der Waals surface area (Å²) in [6.07, 6.45) is 5.58. The third-order valence-corrected chi connectivity index (χ3v) is 5.64. The van der Waals surface area contributed by atoms with Crippen LogP contribution in [0.25, 0.3) is 11.0 Å². The second kappa shape index (κ2) is 5.03. The van der Waals surface area contributed by atoms with Gasteiger partial charge < -0.3 is 4.57 Å². The molecule has 4 rings (SSSR count). The van der Waals surface area contributed by atoms with E-state index in [1.807, 2.05) is 12.1 Å². The highest BCUT2D eigenvalue weighted by molar-refractivity contribution is 6.16. The molecule has 2 saturated carbocycles. The Hall–Kier alpha value is -1.53. The molecule has 1 heterocycles. The van der Waals surface area contributed by atoms with Gasteiger partial charge in [0.05, 0.1) is 17.0 Å². The Balaban J connectivity index is 1.75. The third-order valence-electron chi connectivity index (χ3n) is 5.40. The van der Waals surface area contributed by atoms with Gasteiger partial charge in [-0.1, -0.05) is 12.5 Å². The van der Waals surface area contributed by atoms with E-state index in [2.05, 4.69) is 21.7 Å². The number of imidazole rings is 1. The van der Waals surface area contributed by atoms with E-state index < -0.39 is 0 Å². The molecule has 0 amide bonds. The van der Waals surface area contributed by atoms with Gasteiger partial charge in [0.15, 0.2) is 0 Å². The predicted octanol–water partition coefficient (Wildman–Crippen LogP) is 4.08. The minimum atomic E-state index is 0.403. The van der Waals surface area contributed by atoms with Gasteiger partial charge >= 0.3 is 0 Å². The highest BCUT2D eigenvalue weighted by atomic mass is 35.5. The van der Waals surface area contributed by atoms with Gasteiger partial charge in [0.2, 0.25) is 0 Å². The first kappa shape index (κ1) is 13.2. The monoisotopic (exact) mass is 299 g/mol. The molecule has 2 fully saturated rings. The van der Waals surface area contributed by atoms with Crippen LogP contribution in [0.1, 0.15) is 37.1 Å². The number of para-hydroxylation sites is 1. The molecule has 0 spiro atoms. The van der Waals surface area contributed by atoms with Crippen LogP contribution in [0, 0.1) is 29.1 Å². The number of rotatable bonds is 3. The van der Waals surface area contributed by atoms with Crippen LogP contribution in [0.3, 0.4) is 0 Å². The molecule has 0 N–H and O–H groups in total. The summed E-state index contributed by atoms with van der Waals surface area (Å²) in [5, 5.41) is 9.25. The van der Waals surface area contributed by atoms with Gasteiger partial charge in [-0.05, 0) is 49.1 Å². The van der Waals surface area contributed by atoms with E-state index in [9.17, 15) is 5.26 Å². The van der Waals surface area contributed by atoms with Crippen molar-refractivity contribution in [3.8, 4) is 6.07 Å². The lowest BCUT2D eigenvalue weighted by Gasteiger charge is -2.23. The van der Waals surface area contributed by atoms with Crippen molar-refractivity contribution < 1.29 is 0 Å². The van der Waals surface area contributed by atoms with Crippen LogP contribution in [-0.4, -0.2) is 9.55 Å². The van der Waals surface area contributed by atoms with Crippen LogP contribution in [0.4, 0.5) is 0 Å². The second-order valence-corrected chi connectivity index (χ2v) is 6.76. The van der Waals surface area contributed by atoms with E-state index in [-0.39, 0.29) is 0 Å². The first-order valence-corrected chi connectivity index (χ1v) is 8.27. The number of aromatic nitrogens is 2. The van der Waals surface area contributed by atoms with Gasteiger partial charge in [0, 0.05) is 6.54 Å². The number of halogens is 1. The molecule has 108 valence electrons. The lowest BCUT2D eigenvalue weighted by Crippen LogP contribution is -2.18. The fourth-order valence-electron chi connectivity index (χ4n) is 4.43. The first-order chi connectivity index (χ1) is 10.3. The number of hydrogen-bond donors (Lipinski definition) is 0. The van der Waals surface area contributed by atoms with E-state index in [1.165, 1.54) is 25.7 Å². The van der Waals surface area contributed by atoms with Crippen LogP contribution in [0.2, 0.25) is 0 Å². The molecule has 2 bridgehead atoms. The SMILES string of the molecule is N#Cc1cccc2c1nc(CCl)n2CC1CC2CCC1C2. The molecule has 2 aliphatic carbocycles. The second-order valence-electron chi connectivity index (χ2n) is 6.49. The van der Waals surface area contributed by atoms with Crippen molar-refractivity contribution in [2.45, 2.75) is 38.1 Å². The normalized spacial score (nSPS) is 27.3. The van der Waals surface area contributed by atoms with Crippen LogP contribution in [-0.2, 0) is 12.4 Å². The van der Waals surface area contributed by atoms with E-state index >= 15 is 0 Å². The molecule has 0 radical (unpaired) electrons. The molecular weight excluding hydrogens is 282 g/mol. The minimum Gasteiger partial charge on any atom is -0.327 e. The molecular formula is C17H18ClN3. The Morgan fingerprint density at radius 3 is 2.90 bits per heavy atom. The van der Waals surface area contributed by atoms with E-state index in [1.54, 1.807) is 0 Å². The van der Waals surface area contributed by atoms with Crippen LogP contribution in [0.15, 0.2) is 18.2 Å². The molecule has 4 heteroatoms. The van der Waals surface area contributed by atoms with Crippen molar-refractivity contribution >= 4 is 22.6 Å². The lowest BCUT2D eigenvalue weighted by molar-refractivity contribution is 0.296. The zero-order chi connectivity index (χ0) is 14.4. The summed E-state index contributed by atoms with van der Waals surface area (Å²) in [4.78, 5) is 4.61. The molecule has 3 nitrogen and oxygen atoms in total. The molecule has 2 aliphatic rings. The van der Waals surface area contributed by atoms with Gasteiger partial charge in [0.1, 0.15) is 17.4 Å². The zero-order valence-corrected chi connectivity index (χ0v) is 12.7. The average Bonchev–Trinajstić information content (AvgIpc) is 3.21. The summed E-state index contributed by atoms with van der Waals surface area (Å²) in [5.74, 6) is 3.89. The quantitative estimate of drug-likeness (QED) is 0.801. The Morgan fingerprint density at radius 1 is 1.33 bits per heavy atom. The van der Waals surface area contributed by atoms with Gasteiger partial charge in [-0.3, -0.25) is 0 Å². The molecule has 2 aromatic rings. The zero-order valence-electron chi connectivity index (χ0n) is 11.9. The van der Waals surface area contributed by atoms with Crippen LogP contribution >= 0.6 is 11.6 Å². The van der Waals surface area contributed by atoms with E-state index in [0.717, 1.165) is 41.2 Å². The maximum absolute atomic E-state index is 9.25. The fraction of sp³-hybridized carbons (Fsp3) is 0.529. The van der Waals surface area contributed by atoms with Crippen molar-refractivity contribution in [1.82, 2.24) is 9.55 Å². The first-order valence-electron chi connectivity index (χ1n) is 7.74. The van der Waals surface area contributed by atoms with Crippen LogP contribution in [0.5, 0.6) is 0 Å². The maximum Gasteiger partial charge on any atom is 0.124 e. The molecule has 1 aromatic heterocycles. The average molecular weight is 300 g/mol. The van der Waals surface area contributed by atoms with Gasteiger partial charge in [0.25, 0.3) is 0 Å². The molecule has 1 aromatic carbocycles. The van der Waals surface area contributed by atoms with Gasteiger partial charge in [-0.2, -0.15) is 5.26 Å². The number of fused-ring (bicyclic) bond motifs is 3. The molecule has 3 unspecified atom stereocenters. The largest absolute Gasteiger partial charge is 0.327 e. The van der Waals surface area contributed by atoms with Crippen LogP contribution < -0.4 is 0 Å². The van der Waals surface area contributed by atoms with Crippen molar-refractivity contribution in [2.75, 3.05) is 0 Å². The van der Waals surface area contributed by atoms with Crippen molar-refractivity contribution in [1.29, 1.82) is 5.26 Å². The van der Waals surface area contributed by atoms with Crippen molar-refractivity contribution in [3.05, 3.63) is 29.6 Å². The van der Waals surface area contributed by atoms with Gasteiger partial charge in [-0.15, -0.1) is 11.6 Å². The predicted molar refractivity (Wildman–Crippen MR) is 82.9 cm³/mol. The highest BCUT2D eigenvalue weighted by Gasteiger charge is 2.39. The summed E-state index contributed by atoms with van der Waals surface area (Å²) in [7, 11) is 0. The Morgan fingerprint density at radius 2 is 2.24 bits per heavy atom. The minimum absolute atomic E-state index is 0.403. The smallest absolute Gasteiger partial charge is 0.124 e. The van der Waals surface area contributed by atoms with Gasteiger partial charge in [-0.25, -0.2) is 4.98 Å². The summed E-state index contributed by atoms with van der Waals surface area (Å²) in [6.45, 7) is 1.01. The number of nitrogens with zero attached hydrogens (tertiary/aromatic N) is 3. The molecule has 0 saturated heterocycles. The molecule has 21 heavy (non-hydrogen) atoms. The van der Waals surface area contributed by atoms with E-state index in [4.69, 9.17) is 11.6 Å². The Kier molecular flexibility index (Phi) is 3.15. The lowest BCUT2D eigenvalue weighted by atomic mass is 9.89. The summed E-state index contributed by atoms with van der Waals surface area (Å²) >= 11 is 6.10.